The summed E-state index contributed by atoms with van der Waals surface area (Å²) in [5.74, 6) is 0.569. The van der Waals surface area contributed by atoms with Crippen molar-refractivity contribution in [2.24, 2.45) is 0 Å². The third kappa shape index (κ3) is 6.49. The Morgan fingerprint density at radius 2 is 1.92 bits per heavy atom. The number of hydrogen-bond acceptors (Lipinski definition) is 5. The molecule has 0 bridgehead atoms. The normalized spacial score (nSPS) is 18.5. The second-order valence-corrected chi connectivity index (χ2v) is 9.24. The fourth-order valence-electron chi connectivity index (χ4n) is 2.80. The number of likely N-dealkylation sites (tertiary alicyclic amines) is 1. The van der Waals surface area contributed by atoms with Crippen LogP contribution in [0.4, 0.5) is 4.79 Å². The number of nitrogens with zero attached hydrogens (tertiary/aromatic N) is 1. The van der Waals surface area contributed by atoms with E-state index in [4.69, 9.17) is 9.47 Å². The van der Waals surface area contributed by atoms with Crippen molar-refractivity contribution in [2.75, 3.05) is 20.2 Å². The van der Waals surface area contributed by atoms with E-state index in [1.807, 2.05) is 20.8 Å². The Balaban J connectivity index is 1.94. The number of nitrogens with one attached hydrogen (secondary N) is 1. The predicted octanol–water partition coefficient (Wildman–Crippen LogP) is 2.51. The minimum Gasteiger partial charge on any atom is -0.497 e. The summed E-state index contributed by atoms with van der Waals surface area (Å²) in [4.78, 5) is 13.8. The number of hydrogen-bond donors (Lipinski definition) is 1. The fraction of sp³-hybridized carbons (Fsp3) is 0.611. The van der Waals surface area contributed by atoms with E-state index in [-0.39, 0.29) is 11.8 Å². The molecule has 1 amide bonds. The van der Waals surface area contributed by atoms with Crippen molar-refractivity contribution in [3.63, 3.8) is 0 Å². The molecule has 0 aromatic heterocycles. The van der Waals surface area contributed by atoms with E-state index in [1.165, 1.54) is 0 Å². The molecule has 1 aliphatic rings. The van der Waals surface area contributed by atoms with Crippen LogP contribution in [0, 0.1) is 0 Å². The van der Waals surface area contributed by atoms with Gasteiger partial charge in [0.05, 0.1) is 12.9 Å². The molecule has 1 saturated heterocycles. The summed E-state index contributed by atoms with van der Waals surface area (Å²) in [5, 5.41) is 0. The number of carbonyl (C=O) groups is 1. The number of methoxy groups -OCH3 is 1. The molecule has 26 heavy (non-hydrogen) atoms. The van der Waals surface area contributed by atoms with E-state index in [0.29, 0.717) is 30.8 Å². The van der Waals surface area contributed by atoms with Gasteiger partial charge in [-0.2, -0.15) is 0 Å². The minimum absolute atomic E-state index is 0.111. The second kappa shape index (κ2) is 8.26. The van der Waals surface area contributed by atoms with E-state index in [2.05, 4.69) is 4.72 Å². The van der Waals surface area contributed by atoms with Gasteiger partial charge in [0.15, 0.2) is 0 Å². The highest BCUT2D eigenvalue weighted by molar-refractivity contribution is 7.88. The summed E-state index contributed by atoms with van der Waals surface area (Å²) >= 11 is 0. The molecule has 0 aliphatic carbocycles. The van der Waals surface area contributed by atoms with Crippen molar-refractivity contribution in [3.8, 4) is 5.75 Å². The lowest BCUT2D eigenvalue weighted by Crippen LogP contribution is -2.50. The van der Waals surface area contributed by atoms with Gasteiger partial charge in [-0.15, -0.1) is 0 Å². The topological polar surface area (TPSA) is 84.9 Å². The van der Waals surface area contributed by atoms with Gasteiger partial charge < -0.3 is 14.4 Å². The summed E-state index contributed by atoms with van der Waals surface area (Å²) in [6.45, 7) is 6.32. The average molecular weight is 384 g/mol. The number of sulfonamides is 1. The SMILES string of the molecule is COc1ccc(CS(=O)(=O)N[C@H]2CCCN(C(=O)OC(C)(C)C)C2)cc1. The number of carbonyl (C=O) groups excluding carboxylic acids is 1. The van der Waals surface area contributed by atoms with Gasteiger partial charge in [0, 0.05) is 19.1 Å². The van der Waals surface area contributed by atoms with Crippen LogP contribution in [0.2, 0.25) is 0 Å². The van der Waals surface area contributed by atoms with Crippen molar-refractivity contribution in [2.45, 2.75) is 51.0 Å². The highest BCUT2D eigenvalue weighted by Gasteiger charge is 2.29. The van der Waals surface area contributed by atoms with Gasteiger partial charge in [-0.05, 0) is 51.3 Å². The van der Waals surface area contributed by atoms with Crippen LogP contribution in [0.5, 0.6) is 5.75 Å². The van der Waals surface area contributed by atoms with Crippen LogP contribution in [-0.2, 0) is 20.5 Å². The van der Waals surface area contributed by atoms with E-state index in [9.17, 15) is 13.2 Å². The molecule has 0 saturated carbocycles. The Labute approximate surface area is 155 Å². The third-order valence-electron chi connectivity index (χ3n) is 3.94. The van der Waals surface area contributed by atoms with Gasteiger partial charge in [0.1, 0.15) is 11.4 Å². The van der Waals surface area contributed by atoms with Crippen LogP contribution in [0.25, 0.3) is 0 Å². The van der Waals surface area contributed by atoms with Crippen molar-refractivity contribution in [1.82, 2.24) is 9.62 Å². The smallest absolute Gasteiger partial charge is 0.410 e. The van der Waals surface area contributed by atoms with E-state index >= 15 is 0 Å². The first kappa shape index (κ1) is 20.5. The molecule has 1 atom stereocenters. The lowest BCUT2D eigenvalue weighted by atomic mass is 10.1. The van der Waals surface area contributed by atoms with E-state index in [0.717, 1.165) is 6.42 Å². The molecule has 1 heterocycles. The molecule has 0 unspecified atom stereocenters. The minimum atomic E-state index is -3.51. The first-order valence-electron chi connectivity index (χ1n) is 8.69. The molecular formula is C18H28N2O5S. The van der Waals surface area contributed by atoms with Crippen molar-refractivity contribution in [1.29, 1.82) is 0 Å². The monoisotopic (exact) mass is 384 g/mol. The zero-order valence-electron chi connectivity index (χ0n) is 15.8. The fourth-order valence-corrected chi connectivity index (χ4v) is 4.22. The number of piperidine rings is 1. The molecule has 1 aromatic rings. The molecule has 2 rings (SSSR count). The lowest BCUT2D eigenvalue weighted by molar-refractivity contribution is 0.0195. The molecule has 146 valence electrons. The molecule has 1 N–H and O–H groups in total. The highest BCUT2D eigenvalue weighted by atomic mass is 32.2. The average Bonchev–Trinajstić information content (AvgIpc) is 2.53. The highest BCUT2D eigenvalue weighted by Crippen LogP contribution is 2.17. The predicted molar refractivity (Wildman–Crippen MR) is 99.6 cm³/mol. The first-order valence-corrected chi connectivity index (χ1v) is 10.3. The van der Waals surface area contributed by atoms with E-state index < -0.39 is 21.7 Å². The maximum Gasteiger partial charge on any atom is 0.410 e. The van der Waals surface area contributed by atoms with Gasteiger partial charge in [-0.25, -0.2) is 17.9 Å². The summed E-state index contributed by atoms with van der Waals surface area (Å²) in [6.07, 6.45) is 1.02. The first-order chi connectivity index (χ1) is 12.1. The lowest BCUT2D eigenvalue weighted by Gasteiger charge is -2.34. The Morgan fingerprint density at radius 1 is 1.27 bits per heavy atom. The molecule has 1 aromatic carbocycles. The summed E-state index contributed by atoms with van der Waals surface area (Å²) in [7, 11) is -1.95. The van der Waals surface area contributed by atoms with Gasteiger partial charge >= 0.3 is 6.09 Å². The summed E-state index contributed by atoms with van der Waals surface area (Å²) in [5.41, 5.74) is 0.107. The molecular weight excluding hydrogens is 356 g/mol. The van der Waals surface area contributed by atoms with Gasteiger partial charge in [0.2, 0.25) is 10.0 Å². The van der Waals surface area contributed by atoms with Gasteiger partial charge in [0.25, 0.3) is 0 Å². The quantitative estimate of drug-likeness (QED) is 0.843. The van der Waals surface area contributed by atoms with Crippen LogP contribution >= 0.6 is 0 Å². The molecule has 8 heteroatoms. The molecule has 0 radical (unpaired) electrons. The third-order valence-corrected chi connectivity index (χ3v) is 5.34. The molecule has 0 spiro atoms. The maximum absolute atomic E-state index is 12.5. The van der Waals surface area contributed by atoms with Crippen LogP contribution in [0.1, 0.15) is 39.2 Å². The van der Waals surface area contributed by atoms with Crippen LogP contribution < -0.4 is 9.46 Å². The van der Waals surface area contributed by atoms with Crippen molar-refractivity contribution < 1.29 is 22.7 Å². The Hall–Kier alpha value is -1.80. The van der Waals surface area contributed by atoms with Crippen LogP contribution in [-0.4, -0.2) is 51.3 Å². The maximum atomic E-state index is 12.5. The zero-order valence-corrected chi connectivity index (χ0v) is 16.6. The largest absolute Gasteiger partial charge is 0.497 e. The Kier molecular flexibility index (Phi) is 6.52. The number of amides is 1. The number of ether oxygens (including phenoxy) is 2. The Bertz CT molecular complexity index is 710. The summed E-state index contributed by atoms with van der Waals surface area (Å²) in [6, 6.07) is 6.61. The van der Waals surface area contributed by atoms with Gasteiger partial charge in [-0.3, -0.25) is 0 Å². The second-order valence-electron chi connectivity index (χ2n) is 7.49. The van der Waals surface area contributed by atoms with E-state index in [1.54, 1.807) is 36.3 Å². The summed E-state index contributed by atoms with van der Waals surface area (Å²) < 4.78 is 38.1. The molecule has 1 aliphatic heterocycles. The molecule has 1 fully saturated rings. The molecule has 7 nitrogen and oxygen atoms in total. The standard InChI is InChI=1S/C18H28N2O5S/c1-18(2,3)25-17(21)20-11-5-6-15(12-20)19-26(22,23)13-14-7-9-16(24-4)10-8-14/h7-10,15,19H,5-6,11-13H2,1-4H3/t15-/m0/s1. The van der Waals surface area contributed by atoms with Crippen molar-refractivity contribution >= 4 is 16.1 Å². The van der Waals surface area contributed by atoms with Crippen LogP contribution in [0.3, 0.4) is 0 Å². The van der Waals surface area contributed by atoms with Crippen molar-refractivity contribution in [3.05, 3.63) is 29.8 Å². The van der Waals surface area contributed by atoms with Gasteiger partial charge in [-0.1, -0.05) is 12.1 Å². The van der Waals surface area contributed by atoms with Crippen LogP contribution in [0.15, 0.2) is 24.3 Å². The zero-order chi connectivity index (χ0) is 19.4. The Morgan fingerprint density at radius 3 is 2.50 bits per heavy atom. The number of rotatable bonds is 5. The number of benzene rings is 1.